The van der Waals surface area contributed by atoms with Gasteiger partial charge in [0.2, 0.25) is 10.0 Å². The molecule has 11 heteroatoms. The zero-order valence-corrected chi connectivity index (χ0v) is 16.6. The van der Waals surface area contributed by atoms with Gasteiger partial charge in [0.05, 0.1) is 24.0 Å². The van der Waals surface area contributed by atoms with Gasteiger partial charge < -0.3 is 9.47 Å². The number of methoxy groups -OCH3 is 2. The van der Waals surface area contributed by atoms with E-state index in [-0.39, 0.29) is 17.1 Å². The Morgan fingerprint density at radius 2 is 1.72 bits per heavy atom. The first-order valence-corrected chi connectivity index (χ1v) is 9.93. The molecule has 1 atom stereocenters. The second-order valence-electron chi connectivity index (χ2n) is 5.91. The van der Waals surface area contributed by atoms with Crippen LogP contribution in [-0.4, -0.2) is 46.1 Å². The topological polar surface area (TPSA) is 137 Å². The fourth-order valence-electron chi connectivity index (χ4n) is 2.39. The van der Waals surface area contributed by atoms with Crippen LogP contribution in [0.3, 0.4) is 0 Å². The molecule has 10 nitrogen and oxygen atoms in total. The molecule has 29 heavy (non-hydrogen) atoms. The molecule has 0 fully saturated rings. The van der Waals surface area contributed by atoms with Gasteiger partial charge in [0.1, 0.15) is 11.8 Å². The highest BCUT2D eigenvalue weighted by atomic mass is 32.2. The minimum atomic E-state index is -3.97. The third-order valence-corrected chi connectivity index (χ3v) is 5.47. The van der Waals surface area contributed by atoms with Crippen molar-refractivity contribution in [3.63, 3.8) is 0 Å². The lowest BCUT2D eigenvalue weighted by Crippen LogP contribution is -2.46. The lowest BCUT2D eigenvalue weighted by Gasteiger charge is -2.17. The maximum atomic E-state index is 12.4. The van der Waals surface area contributed by atoms with E-state index in [1.165, 1.54) is 7.11 Å². The molecule has 0 saturated carbocycles. The number of sulfonamides is 1. The summed E-state index contributed by atoms with van der Waals surface area (Å²) in [7, 11) is -1.21. The Morgan fingerprint density at radius 1 is 1.10 bits per heavy atom. The highest BCUT2D eigenvalue weighted by Crippen LogP contribution is 2.16. The number of hydrogen-bond acceptors (Lipinski definition) is 8. The Bertz CT molecular complexity index is 944. The number of non-ortho nitro benzene ring substituents is 1. The summed E-state index contributed by atoms with van der Waals surface area (Å²) >= 11 is 0. The van der Waals surface area contributed by atoms with Crippen molar-refractivity contribution in [2.24, 2.45) is 0 Å². The predicted octanol–water partition coefficient (Wildman–Crippen LogP) is 1.21. The van der Waals surface area contributed by atoms with Crippen LogP contribution in [0.15, 0.2) is 53.4 Å². The molecule has 0 unspecified atom stereocenters. The summed E-state index contributed by atoms with van der Waals surface area (Å²) in [6.07, 6.45) is 0. The van der Waals surface area contributed by atoms with E-state index in [1.807, 2.05) is 0 Å². The summed E-state index contributed by atoms with van der Waals surface area (Å²) in [5.41, 5.74) is 0.635. The molecule has 2 N–H and O–H groups in total. The third-order valence-electron chi connectivity index (χ3n) is 4.03. The minimum absolute atomic E-state index is 0.151. The molecule has 2 rings (SSSR count). The fraction of sp³-hybridized carbons (Fsp3) is 0.278. The maximum Gasteiger partial charge on any atom is 0.324 e. The largest absolute Gasteiger partial charge is 0.497 e. The van der Waals surface area contributed by atoms with Crippen LogP contribution < -0.4 is 14.8 Å². The second-order valence-corrected chi connectivity index (χ2v) is 7.67. The standard InChI is InChI=1S/C18H21N3O7S/c1-27-15-7-3-13(4-8-15)11-19-17(18(22)28-2)12-20-29(25,26)16-9-5-14(6-10-16)21(23)24/h3-10,17,19-20H,11-12H2,1-2H3/t17-/m1/s1. The van der Waals surface area contributed by atoms with Gasteiger partial charge in [0.25, 0.3) is 5.69 Å². The van der Waals surface area contributed by atoms with Crippen LogP contribution in [0.4, 0.5) is 5.69 Å². The van der Waals surface area contributed by atoms with Gasteiger partial charge >= 0.3 is 5.97 Å². The normalized spacial score (nSPS) is 12.2. The lowest BCUT2D eigenvalue weighted by molar-refractivity contribution is -0.384. The number of hydrogen-bond donors (Lipinski definition) is 2. The summed E-state index contributed by atoms with van der Waals surface area (Å²) < 4.78 is 36.9. The summed E-state index contributed by atoms with van der Waals surface area (Å²) in [6.45, 7) is 0.0329. The summed E-state index contributed by atoms with van der Waals surface area (Å²) in [4.78, 5) is 21.9. The molecular weight excluding hydrogens is 402 g/mol. The van der Waals surface area contributed by atoms with Crippen LogP contribution in [0.5, 0.6) is 5.75 Å². The van der Waals surface area contributed by atoms with Crippen molar-refractivity contribution in [2.45, 2.75) is 17.5 Å². The molecule has 0 heterocycles. The van der Waals surface area contributed by atoms with E-state index >= 15 is 0 Å². The van der Waals surface area contributed by atoms with Crippen LogP contribution in [0.25, 0.3) is 0 Å². The molecule has 0 spiro atoms. The van der Waals surface area contributed by atoms with Crippen LogP contribution >= 0.6 is 0 Å². The number of rotatable bonds is 10. The number of carbonyl (C=O) groups is 1. The predicted molar refractivity (Wildman–Crippen MR) is 104 cm³/mol. The summed E-state index contributed by atoms with van der Waals surface area (Å²) in [5, 5.41) is 13.6. The first-order chi connectivity index (χ1) is 13.8. The number of carbonyl (C=O) groups excluding carboxylic acids is 1. The molecule has 0 aromatic heterocycles. The van der Waals surface area contributed by atoms with Gasteiger partial charge in [0.15, 0.2) is 0 Å². The summed E-state index contributed by atoms with van der Waals surface area (Å²) in [6, 6.07) is 10.6. The van der Waals surface area contributed by atoms with Crippen molar-refractivity contribution in [1.82, 2.24) is 10.0 Å². The lowest BCUT2D eigenvalue weighted by atomic mass is 10.2. The number of esters is 1. The van der Waals surface area contributed by atoms with Gasteiger partial charge in [-0.25, -0.2) is 13.1 Å². The molecule has 0 aliphatic heterocycles. The van der Waals surface area contributed by atoms with E-state index in [4.69, 9.17) is 9.47 Å². The first kappa shape index (κ1) is 22.3. The average molecular weight is 423 g/mol. The number of nitro benzene ring substituents is 1. The van der Waals surface area contributed by atoms with Crippen molar-refractivity contribution in [1.29, 1.82) is 0 Å². The van der Waals surface area contributed by atoms with E-state index in [1.54, 1.807) is 31.4 Å². The second kappa shape index (κ2) is 9.96. The average Bonchev–Trinajstić information content (AvgIpc) is 2.73. The smallest absolute Gasteiger partial charge is 0.324 e. The van der Waals surface area contributed by atoms with Crippen molar-refractivity contribution in [3.8, 4) is 5.75 Å². The van der Waals surface area contributed by atoms with E-state index in [9.17, 15) is 23.3 Å². The quantitative estimate of drug-likeness (QED) is 0.331. The van der Waals surface area contributed by atoms with Crippen molar-refractivity contribution in [2.75, 3.05) is 20.8 Å². The monoisotopic (exact) mass is 423 g/mol. The molecule has 0 bridgehead atoms. The zero-order valence-electron chi connectivity index (χ0n) is 15.8. The van der Waals surface area contributed by atoms with Gasteiger partial charge in [-0.2, -0.15) is 0 Å². The molecule has 0 saturated heterocycles. The summed E-state index contributed by atoms with van der Waals surface area (Å²) in [5.74, 6) is 0.0547. The van der Waals surface area contributed by atoms with Crippen LogP contribution in [0, 0.1) is 10.1 Å². The Labute approximate surface area is 168 Å². The Hall–Kier alpha value is -3.02. The molecule has 0 radical (unpaired) electrons. The van der Waals surface area contributed by atoms with E-state index in [0.717, 1.165) is 29.8 Å². The molecule has 0 aliphatic rings. The van der Waals surface area contributed by atoms with Gasteiger partial charge in [-0.15, -0.1) is 0 Å². The molecule has 0 aliphatic carbocycles. The third kappa shape index (κ3) is 6.24. The van der Waals surface area contributed by atoms with E-state index in [0.29, 0.717) is 12.3 Å². The van der Waals surface area contributed by atoms with Crippen molar-refractivity contribution >= 4 is 21.7 Å². The Balaban J connectivity index is 2.03. The van der Waals surface area contributed by atoms with Crippen molar-refractivity contribution < 1.29 is 27.6 Å². The van der Waals surface area contributed by atoms with Crippen LogP contribution in [0.1, 0.15) is 5.56 Å². The van der Waals surface area contributed by atoms with Gasteiger partial charge in [-0.3, -0.25) is 20.2 Å². The zero-order chi connectivity index (χ0) is 21.4. The molecule has 2 aromatic carbocycles. The van der Waals surface area contributed by atoms with Crippen LogP contribution in [0.2, 0.25) is 0 Å². The SMILES string of the molecule is COC(=O)[C@@H](CNS(=O)(=O)c1ccc([N+](=O)[O-])cc1)NCc1ccc(OC)cc1. The first-order valence-electron chi connectivity index (χ1n) is 8.45. The number of nitro groups is 1. The number of nitrogens with zero attached hydrogens (tertiary/aromatic N) is 1. The Morgan fingerprint density at radius 3 is 2.24 bits per heavy atom. The highest BCUT2D eigenvalue weighted by Gasteiger charge is 2.23. The highest BCUT2D eigenvalue weighted by molar-refractivity contribution is 7.89. The van der Waals surface area contributed by atoms with Gasteiger partial charge in [-0.1, -0.05) is 12.1 Å². The van der Waals surface area contributed by atoms with E-state index < -0.39 is 27.0 Å². The molecular formula is C18H21N3O7S. The fourth-order valence-corrected chi connectivity index (χ4v) is 3.44. The number of nitrogens with one attached hydrogen (secondary N) is 2. The molecule has 156 valence electrons. The molecule has 0 amide bonds. The number of benzene rings is 2. The van der Waals surface area contributed by atoms with Gasteiger partial charge in [-0.05, 0) is 29.8 Å². The van der Waals surface area contributed by atoms with Gasteiger partial charge in [0, 0.05) is 25.2 Å². The van der Waals surface area contributed by atoms with E-state index in [2.05, 4.69) is 10.0 Å². The maximum absolute atomic E-state index is 12.4. The molecule has 2 aromatic rings. The van der Waals surface area contributed by atoms with Crippen LogP contribution in [-0.2, 0) is 26.1 Å². The van der Waals surface area contributed by atoms with Crippen molar-refractivity contribution in [3.05, 3.63) is 64.2 Å². The Kier molecular flexibility index (Phi) is 7.65. The number of ether oxygens (including phenoxy) is 2. The minimum Gasteiger partial charge on any atom is -0.497 e.